The van der Waals surface area contributed by atoms with Crippen molar-refractivity contribution in [1.29, 1.82) is 0 Å². The van der Waals surface area contributed by atoms with Crippen molar-refractivity contribution in [3.05, 3.63) is 23.7 Å². The molecule has 0 saturated carbocycles. The Morgan fingerprint density at radius 1 is 1.70 bits per heavy atom. The summed E-state index contributed by atoms with van der Waals surface area (Å²) in [5.74, 6) is 0.738. The average Bonchev–Trinajstić information content (AvgIpc) is 2.31. The first-order chi connectivity index (χ1) is 4.84. The van der Waals surface area contributed by atoms with E-state index in [-0.39, 0.29) is 0 Å². The maximum Gasteiger partial charge on any atom is 0.151 e. The highest BCUT2D eigenvalue weighted by Gasteiger charge is 1.95. The molecule has 1 rings (SSSR count). The molecule has 0 fully saturated rings. The van der Waals surface area contributed by atoms with Gasteiger partial charge in [0, 0.05) is 0 Å². The van der Waals surface area contributed by atoms with Crippen LogP contribution >= 0.6 is 0 Å². The van der Waals surface area contributed by atoms with Crippen molar-refractivity contribution < 1.29 is 9.25 Å². The Bertz CT molecular complexity index is 227. The van der Waals surface area contributed by atoms with E-state index in [1.165, 1.54) is 13.3 Å². The highest BCUT2D eigenvalue weighted by Crippen LogP contribution is 2.04. The third kappa shape index (κ3) is 1.37. The first-order valence-corrected chi connectivity index (χ1v) is 2.95. The minimum absolute atomic E-state index is 0.738. The number of rotatable bonds is 2. The van der Waals surface area contributed by atoms with E-state index in [0.717, 1.165) is 11.3 Å². The van der Waals surface area contributed by atoms with E-state index in [2.05, 4.69) is 9.99 Å². The molecule has 54 valence electrons. The van der Waals surface area contributed by atoms with Gasteiger partial charge < -0.3 is 9.25 Å². The molecule has 0 atom stereocenters. The molecule has 1 aromatic rings. The maximum absolute atomic E-state index is 5.04. The quantitative estimate of drug-likeness (QED) is 0.460. The van der Waals surface area contributed by atoms with E-state index < -0.39 is 0 Å². The number of furan rings is 1. The van der Waals surface area contributed by atoms with Gasteiger partial charge in [-0.15, -0.1) is 0 Å². The molecule has 3 nitrogen and oxygen atoms in total. The summed E-state index contributed by atoms with van der Waals surface area (Å²) < 4.78 is 5.04. The predicted octanol–water partition coefficient (Wildman–Crippen LogP) is 1.57. The van der Waals surface area contributed by atoms with Gasteiger partial charge in [0.05, 0.1) is 6.26 Å². The molecular weight excluding hydrogens is 130 g/mol. The largest absolute Gasteiger partial charge is 0.463 e. The van der Waals surface area contributed by atoms with Crippen LogP contribution < -0.4 is 0 Å². The molecular formula is C7H9NO2. The molecule has 0 aliphatic rings. The van der Waals surface area contributed by atoms with Gasteiger partial charge in [0.2, 0.25) is 0 Å². The summed E-state index contributed by atoms with van der Waals surface area (Å²) in [7, 11) is 1.49. The minimum Gasteiger partial charge on any atom is -0.463 e. The fraction of sp³-hybridized carbons (Fsp3) is 0.286. The van der Waals surface area contributed by atoms with Crippen molar-refractivity contribution in [3.8, 4) is 0 Å². The van der Waals surface area contributed by atoms with E-state index in [9.17, 15) is 0 Å². The van der Waals surface area contributed by atoms with Gasteiger partial charge in [-0.05, 0) is 18.6 Å². The van der Waals surface area contributed by atoms with Crippen LogP contribution in [0, 0.1) is 6.92 Å². The Hall–Kier alpha value is -1.25. The minimum atomic E-state index is 0.738. The van der Waals surface area contributed by atoms with E-state index in [0.29, 0.717) is 0 Å². The first kappa shape index (κ1) is 6.86. The summed E-state index contributed by atoms with van der Waals surface area (Å²) in [6.45, 7) is 1.94. The van der Waals surface area contributed by atoms with Gasteiger partial charge in [-0.2, -0.15) is 0 Å². The molecule has 3 heteroatoms. The molecule has 1 heterocycles. The third-order valence-corrected chi connectivity index (χ3v) is 1.18. The molecule has 0 aliphatic heterocycles. The smallest absolute Gasteiger partial charge is 0.151 e. The Morgan fingerprint density at radius 3 is 3.00 bits per heavy atom. The van der Waals surface area contributed by atoms with Crippen molar-refractivity contribution in [2.45, 2.75) is 6.92 Å². The highest BCUT2D eigenvalue weighted by molar-refractivity contribution is 5.77. The van der Waals surface area contributed by atoms with Crippen LogP contribution in [0.2, 0.25) is 0 Å². The van der Waals surface area contributed by atoms with Gasteiger partial charge in [-0.3, -0.25) is 0 Å². The topological polar surface area (TPSA) is 34.7 Å². The lowest BCUT2D eigenvalue weighted by Crippen LogP contribution is -1.79. The van der Waals surface area contributed by atoms with Crippen LogP contribution in [0.25, 0.3) is 0 Å². The Balaban J connectivity index is 2.74. The summed E-state index contributed by atoms with van der Waals surface area (Å²) in [6.07, 6.45) is 3.15. The zero-order valence-corrected chi connectivity index (χ0v) is 6.00. The van der Waals surface area contributed by atoms with Crippen LogP contribution in [0.1, 0.15) is 11.3 Å². The summed E-state index contributed by atoms with van der Waals surface area (Å²) in [6, 6.07) is 1.87. The number of hydrogen-bond donors (Lipinski definition) is 0. The Labute approximate surface area is 59.3 Å². The Morgan fingerprint density at radius 2 is 2.50 bits per heavy atom. The second-order valence-electron chi connectivity index (χ2n) is 1.88. The van der Waals surface area contributed by atoms with Crippen LogP contribution in [0.5, 0.6) is 0 Å². The van der Waals surface area contributed by atoms with Crippen molar-refractivity contribution in [3.63, 3.8) is 0 Å². The van der Waals surface area contributed by atoms with E-state index in [4.69, 9.17) is 4.42 Å². The lowest BCUT2D eigenvalue weighted by Gasteiger charge is -1.86. The zero-order valence-electron chi connectivity index (χ0n) is 6.00. The van der Waals surface area contributed by atoms with Crippen LogP contribution in [0.3, 0.4) is 0 Å². The summed E-state index contributed by atoms with van der Waals surface area (Å²) >= 11 is 0. The lowest BCUT2D eigenvalue weighted by molar-refractivity contribution is 0.215. The summed E-state index contributed by atoms with van der Waals surface area (Å²) in [4.78, 5) is 4.48. The van der Waals surface area contributed by atoms with E-state index in [1.54, 1.807) is 6.26 Å². The van der Waals surface area contributed by atoms with Gasteiger partial charge in [-0.1, -0.05) is 5.16 Å². The Kier molecular flexibility index (Phi) is 2.10. The maximum atomic E-state index is 5.04. The second-order valence-corrected chi connectivity index (χ2v) is 1.88. The number of hydrogen-bond acceptors (Lipinski definition) is 3. The summed E-state index contributed by atoms with van der Waals surface area (Å²) in [5.41, 5.74) is 1.06. The van der Waals surface area contributed by atoms with E-state index >= 15 is 0 Å². The zero-order chi connectivity index (χ0) is 7.40. The third-order valence-electron chi connectivity index (χ3n) is 1.18. The van der Waals surface area contributed by atoms with Gasteiger partial charge in [-0.25, -0.2) is 0 Å². The van der Waals surface area contributed by atoms with Crippen molar-refractivity contribution in [1.82, 2.24) is 0 Å². The molecule has 10 heavy (non-hydrogen) atoms. The molecule has 0 N–H and O–H groups in total. The normalized spacial score (nSPS) is 10.6. The van der Waals surface area contributed by atoms with Crippen LogP contribution in [-0.4, -0.2) is 13.3 Å². The van der Waals surface area contributed by atoms with E-state index in [1.807, 2.05) is 13.0 Å². The highest BCUT2D eigenvalue weighted by atomic mass is 16.6. The molecule has 0 saturated heterocycles. The average molecular weight is 139 g/mol. The van der Waals surface area contributed by atoms with Crippen molar-refractivity contribution >= 4 is 6.21 Å². The molecule has 0 amide bonds. The summed E-state index contributed by atoms with van der Waals surface area (Å²) in [5, 5.41) is 3.56. The standard InChI is InChI=1S/C7H9NO2/c1-6-3-4-10-7(6)5-8-9-2/h3-5H,1-2H3/b8-5+. The second kappa shape index (κ2) is 3.06. The molecule has 0 aliphatic carbocycles. The lowest BCUT2D eigenvalue weighted by atomic mass is 10.3. The molecule has 1 aromatic heterocycles. The fourth-order valence-corrected chi connectivity index (χ4v) is 0.617. The van der Waals surface area contributed by atoms with Crippen LogP contribution in [0.4, 0.5) is 0 Å². The van der Waals surface area contributed by atoms with Gasteiger partial charge in [0.15, 0.2) is 5.76 Å². The van der Waals surface area contributed by atoms with Gasteiger partial charge in [0.1, 0.15) is 13.3 Å². The molecule has 0 aromatic carbocycles. The van der Waals surface area contributed by atoms with Crippen molar-refractivity contribution in [2.24, 2.45) is 5.16 Å². The van der Waals surface area contributed by atoms with Gasteiger partial charge in [0.25, 0.3) is 0 Å². The van der Waals surface area contributed by atoms with Crippen molar-refractivity contribution in [2.75, 3.05) is 7.11 Å². The first-order valence-electron chi connectivity index (χ1n) is 2.95. The SMILES string of the molecule is CO/N=C/c1occc1C. The fourth-order valence-electron chi connectivity index (χ4n) is 0.617. The number of aryl methyl sites for hydroxylation is 1. The van der Waals surface area contributed by atoms with Crippen LogP contribution in [0.15, 0.2) is 21.9 Å². The predicted molar refractivity (Wildman–Crippen MR) is 38.0 cm³/mol. The van der Waals surface area contributed by atoms with Crippen LogP contribution in [-0.2, 0) is 4.84 Å². The number of oxime groups is 1. The van der Waals surface area contributed by atoms with Gasteiger partial charge >= 0.3 is 0 Å². The molecule has 0 unspecified atom stereocenters. The number of nitrogens with zero attached hydrogens (tertiary/aromatic N) is 1. The molecule has 0 spiro atoms. The molecule has 0 bridgehead atoms. The molecule has 0 radical (unpaired) electrons. The monoisotopic (exact) mass is 139 g/mol.